The summed E-state index contributed by atoms with van der Waals surface area (Å²) in [6, 6.07) is 32.4. The highest BCUT2D eigenvalue weighted by Gasteiger charge is 2.69. The standard InChI is InChI=1S/C37H44O6P.BrH/c1-26-21-22-32-27(2)34(40-35-37(32)31(26)23-24-36(3,41-35)42-43-37)39-33(38)20-13-25-44(28-14-7-4-8-15-28,29-16-9-5-10-17-29)30-18-11-6-12-19-30;/h4-12,14-19,26-27,31-32,34-35H,13,20-25H2,1-3H3;1H/q+1;/p-1/t26-,27-,31+,32+,34-,35-,36-,37-;/m1./s1. The molecule has 8 heteroatoms. The first kappa shape index (κ1) is 32.8. The molecule has 3 aromatic rings. The highest BCUT2D eigenvalue weighted by molar-refractivity contribution is 7.95. The molecule has 8 atom stereocenters. The lowest BCUT2D eigenvalue weighted by Gasteiger charge is -2.59. The second kappa shape index (κ2) is 13.2. The first-order valence-electron chi connectivity index (χ1n) is 16.3. The topological polar surface area (TPSA) is 63.2 Å². The molecule has 5 aliphatic rings. The molecular formula is C37H44BrO6P. The number of carbonyl (C=O) groups excluding carboxylic acids is 1. The van der Waals surface area contributed by atoms with E-state index in [9.17, 15) is 4.79 Å². The molecule has 1 spiro atoms. The van der Waals surface area contributed by atoms with Crippen molar-refractivity contribution in [1.29, 1.82) is 0 Å². The van der Waals surface area contributed by atoms with Crippen LogP contribution >= 0.6 is 7.26 Å². The third-order valence-electron chi connectivity index (χ3n) is 10.8. The Morgan fingerprint density at radius 1 is 0.822 bits per heavy atom. The molecule has 8 rings (SSSR count). The SMILES string of the molecule is C[C@H]1[C@H](OC(=O)CCC[P+](c2ccccc2)(c2ccccc2)c2ccccc2)O[C@@H]2O[C@@]3(C)CC[C@H]4[C@H](C)CC[C@@H]1[C@@]24OO3.[Br-]. The van der Waals surface area contributed by atoms with Crippen LogP contribution in [0.15, 0.2) is 91.0 Å². The van der Waals surface area contributed by atoms with Gasteiger partial charge >= 0.3 is 5.97 Å². The molecule has 3 aromatic carbocycles. The minimum atomic E-state index is -2.01. The maximum absolute atomic E-state index is 13.5. The van der Waals surface area contributed by atoms with Gasteiger partial charge in [0.25, 0.3) is 0 Å². The van der Waals surface area contributed by atoms with Crippen LogP contribution < -0.4 is 32.9 Å². The molecular weight excluding hydrogens is 651 g/mol. The molecule has 0 radical (unpaired) electrons. The van der Waals surface area contributed by atoms with Gasteiger partial charge in [-0.1, -0.05) is 68.4 Å². The average Bonchev–Trinajstić information content (AvgIpc) is 3.29. The van der Waals surface area contributed by atoms with E-state index in [0.29, 0.717) is 18.8 Å². The Bertz CT molecular complexity index is 1350. The average molecular weight is 696 g/mol. The van der Waals surface area contributed by atoms with Gasteiger partial charge in [-0.15, -0.1) is 0 Å². The number of benzene rings is 3. The second-order valence-electron chi connectivity index (χ2n) is 13.4. The quantitative estimate of drug-likeness (QED) is 0.205. The maximum atomic E-state index is 13.5. The maximum Gasteiger partial charge on any atom is 0.308 e. The zero-order valence-corrected chi connectivity index (χ0v) is 28.8. The Morgan fingerprint density at radius 2 is 1.40 bits per heavy atom. The van der Waals surface area contributed by atoms with Crippen LogP contribution in [0.25, 0.3) is 0 Å². The fourth-order valence-corrected chi connectivity index (χ4v) is 12.9. The van der Waals surface area contributed by atoms with Gasteiger partial charge in [-0.3, -0.25) is 4.79 Å². The molecule has 1 saturated carbocycles. The lowest BCUT2D eigenvalue weighted by atomic mass is 9.58. The van der Waals surface area contributed by atoms with Gasteiger partial charge in [0.05, 0.1) is 6.16 Å². The van der Waals surface area contributed by atoms with Gasteiger partial charge in [-0.25, -0.2) is 9.78 Å². The fourth-order valence-electron chi connectivity index (χ4n) is 8.54. The first-order chi connectivity index (χ1) is 21.4. The number of esters is 1. The summed E-state index contributed by atoms with van der Waals surface area (Å²) in [5, 5.41) is 3.95. The van der Waals surface area contributed by atoms with E-state index in [2.05, 4.69) is 105 Å². The highest BCUT2D eigenvalue weighted by atomic mass is 79.9. The Labute approximate surface area is 278 Å². The molecule has 4 aliphatic heterocycles. The summed E-state index contributed by atoms with van der Waals surface area (Å²) in [6.07, 6.45) is 4.39. The number of ether oxygens (including phenoxy) is 3. The van der Waals surface area contributed by atoms with Crippen LogP contribution in [0.4, 0.5) is 0 Å². The van der Waals surface area contributed by atoms with Gasteiger partial charge in [-0.05, 0) is 80.8 Å². The minimum absolute atomic E-state index is 0. The summed E-state index contributed by atoms with van der Waals surface area (Å²) in [5.41, 5.74) is -0.666. The molecule has 2 bridgehead atoms. The molecule has 6 nitrogen and oxygen atoms in total. The van der Waals surface area contributed by atoms with Gasteiger partial charge in [0.1, 0.15) is 23.2 Å². The smallest absolute Gasteiger partial charge is 0.308 e. The Morgan fingerprint density at radius 3 is 1.98 bits per heavy atom. The predicted octanol–water partition coefficient (Wildman–Crippen LogP) is 3.52. The number of hydrogen-bond acceptors (Lipinski definition) is 6. The van der Waals surface area contributed by atoms with Gasteiger partial charge in [0.2, 0.25) is 12.1 Å². The van der Waals surface area contributed by atoms with Crippen LogP contribution in [0.5, 0.6) is 0 Å². The van der Waals surface area contributed by atoms with Crippen molar-refractivity contribution in [1.82, 2.24) is 0 Å². The third-order valence-corrected chi connectivity index (χ3v) is 15.3. The molecule has 4 saturated heterocycles. The number of fused-ring (bicyclic) bond motifs is 2. The van der Waals surface area contributed by atoms with E-state index >= 15 is 0 Å². The van der Waals surface area contributed by atoms with Crippen molar-refractivity contribution >= 4 is 29.1 Å². The molecule has 0 N–H and O–H groups in total. The van der Waals surface area contributed by atoms with E-state index in [-0.39, 0.29) is 40.7 Å². The van der Waals surface area contributed by atoms with Gasteiger partial charge in [0, 0.05) is 24.7 Å². The molecule has 5 fully saturated rings. The van der Waals surface area contributed by atoms with Crippen LogP contribution in [-0.2, 0) is 28.8 Å². The van der Waals surface area contributed by atoms with Crippen molar-refractivity contribution in [3.05, 3.63) is 91.0 Å². The molecule has 1 aliphatic carbocycles. The van der Waals surface area contributed by atoms with Crippen molar-refractivity contribution in [2.24, 2.45) is 23.7 Å². The van der Waals surface area contributed by atoms with E-state index in [1.54, 1.807) is 0 Å². The number of carbonyl (C=O) groups is 1. The van der Waals surface area contributed by atoms with Crippen molar-refractivity contribution in [3.63, 3.8) is 0 Å². The molecule has 0 unspecified atom stereocenters. The number of rotatable bonds is 8. The Balaban J connectivity index is 0.00000357. The van der Waals surface area contributed by atoms with E-state index in [4.69, 9.17) is 24.0 Å². The zero-order valence-electron chi connectivity index (χ0n) is 26.3. The van der Waals surface area contributed by atoms with Crippen molar-refractivity contribution in [2.45, 2.75) is 83.3 Å². The van der Waals surface area contributed by atoms with Crippen LogP contribution in [0.2, 0.25) is 0 Å². The van der Waals surface area contributed by atoms with E-state index < -0.39 is 31.2 Å². The van der Waals surface area contributed by atoms with Crippen LogP contribution in [0, 0.1) is 23.7 Å². The van der Waals surface area contributed by atoms with Crippen molar-refractivity contribution < 1.29 is 45.8 Å². The minimum Gasteiger partial charge on any atom is -1.00 e. The number of hydrogen-bond donors (Lipinski definition) is 0. The van der Waals surface area contributed by atoms with Crippen molar-refractivity contribution in [3.8, 4) is 0 Å². The highest BCUT2D eigenvalue weighted by Crippen LogP contribution is 2.61. The van der Waals surface area contributed by atoms with E-state index in [1.165, 1.54) is 15.9 Å². The molecule has 0 amide bonds. The predicted molar refractivity (Wildman–Crippen MR) is 172 cm³/mol. The lowest BCUT2D eigenvalue weighted by Crippen LogP contribution is -3.00. The summed E-state index contributed by atoms with van der Waals surface area (Å²) in [6.45, 7) is 6.34. The zero-order chi connectivity index (χ0) is 30.4. The van der Waals surface area contributed by atoms with E-state index in [1.807, 2.05) is 6.92 Å². The summed E-state index contributed by atoms with van der Waals surface area (Å²) in [5.74, 6) is -0.237. The van der Waals surface area contributed by atoms with Crippen LogP contribution in [0.1, 0.15) is 59.3 Å². The second-order valence-corrected chi connectivity index (χ2v) is 17.0. The fraction of sp³-hybridized carbons (Fsp3) is 0.486. The summed E-state index contributed by atoms with van der Waals surface area (Å²) in [7, 11) is -2.01. The summed E-state index contributed by atoms with van der Waals surface area (Å²) in [4.78, 5) is 25.7. The molecule has 240 valence electrons. The van der Waals surface area contributed by atoms with Gasteiger partial charge in [0.15, 0.2) is 11.9 Å². The summed E-state index contributed by atoms with van der Waals surface area (Å²) < 4.78 is 19.1. The largest absolute Gasteiger partial charge is 1.00 e. The normalized spacial score (nSPS) is 33.8. The summed E-state index contributed by atoms with van der Waals surface area (Å²) >= 11 is 0. The molecule has 45 heavy (non-hydrogen) atoms. The Kier molecular flexibility index (Phi) is 9.61. The lowest BCUT2D eigenvalue weighted by molar-refractivity contribution is -0.576. The first-order valence-corrected chi connectivity index (χ1v) is 18.3. The number of halogens is 1. The third kappa shape index (κ3) is 5.72. The van der Waals surface area contributed by atoms with Crippen LogP contribution in [0.3, 0.4) is 0 Å². The molecule has 0 aromatic heterocycles. The van der Waals surface area contributed by atoms with Gasteiger partial charge in [-0.2, -0.15) is 0 Å². The van der Waals surface area contributed by atoms with E-state index in [0.717, 1.165) is 31.8 Å². The monoisotopic (exact) mass is 694 g/mol. The molecule has 4 heterocycles. The van der Waals surface area contributed by atoms with Crippen LogP contribution in [-0.4, -0.2) is 36.1 Å². The van der Waals surface area contributed by atoms with Gasteiger partial charge < -0.3 is 31.2 Å². The van der Waals surface area contributed by atoms with Crippen molar-refractivity contribution in [2.75, 3.05) is 6.16 Å². The Hall–Kier alpha value is -2.12.